The average Bonchev–Trinajstić information content (AvgIpc) is 2.69. The highest BCUT2D eigenvalue weighted by Crippen LogP contribution is 2.41. The molecule has 0 amide bonds. The van der Waals surface area contributed by atoms with Crippen molar-refractivity contribution in [3.8, 4) is 0 Å². The van der Waals surface area contributed by atoms with Crippen LogP contribution in [0.1, 0.15) is 30.4 Å². The van der Waals surface area contributed by atoms with Gasteiger partial charge in [0.15, 0.2) is 0 Å². The highest BCUT2D eigenvalue weighted by Gasteiger charge is 2.43. The van der Waals surface area contributed by atoms with Crippen LogP contribution in [0, 0.1) is 5.41 Å². The van der Waals surface area contributed by atoms with E-state index in [0.29, 0.717) is 25.7 Å². The van der Waals surface area contributed by atoms with Crippen molar-refractivity contribution in [3.05, 3.63) is 35.4 Å². The first-order valence-electron chi connectivity index (χ1n) is 6.09. The van der Waals surface area contributed by atoms with Crippen LogP contribution >= 0.6 is 0 Å². The molecule has 0 atom stereocenters. The van der Waals surface area contributed by atoms with Crippen molar-refractivity contribution in [1.29, 1.82) is 0 Å². The van der Waals surface area contributed by atoms with Gasteiger partial charge in [0.1, 0.15) is 0 Å². The van der Waals surface area contributed by atoms with Crippen LogP contribution in [0.5, 0.6) is 0 Å². The minimum atomic E-state index is -0.702. The van der Waals surface area contributed by atoms with E-state index in [4.69, 9.17) is 5.11 Å². The van der Waals surface area contributed by atoms with Gasteiger partial charge in [0, 0.05) is 6.61 Å². The third-order valence-electron chi connectivity index (χ3n) is 3.69. The standard InChI is InChI=1S/C14H18O3/c15-8-4-3-7-14(13(16)17)9-11-5-1-2-6-12(11)10-14/h1-2,5-6,15H,3-4,7-10H2,(H,16,17). The molecule has 2 rings (SSSR count). The van der Waals surface area contributed by atoms with Gasteiger partial charge in [0.25, 0.3) is 0 Å². The van der Waals surface area contributed by atoms with Crippen molar-refractivity contribution >= 4 is 5.97 Å². The first kappa shape index (κ1) is 12.1. The second kappa shape index (κ2) is 4.88. The molecule has 0 saturated heterocycles. The molecule has 2 N–H and O–H groups in total. The molecule has 3 nitrogen and oxygen atoms in total. The third-order valence-corrected chi connectivity index (χ3v) is 3.69. The fourth-order valence-corrected chi connectivity index (χ4v) is 2.70. The van der Waals surface area contributed by atoms with E-state index in [1.54, 1.807) is 0 Å². The highest BCUT2D eigenvalue weighted by atomic mass is 16.4. The van der Waals surface area contributed by atoms with Crippen molar-refractivity contribution in [1.82, 2.24) is 0 Å². The molecule has 1 aromatic carbocycles. The second-order valence-electron chi connectivity index (χ2n) is 4.89. The Morgan fingerprint density at radius 2 is 1.76 bits per heavy atom. The molecule has 0 heterocycles. The molecule has 3 heteroatoms. The SMILES string of the molecule is O=C(O)C1(CCCCO)Cc2ccccc2C1. The van der Waals surface area contributed by atoms with Gasteiger partial charge in [-0.15, -0.1) is 0 Å². The van der Waals surface area contributed by atoms with Crippen LogP contribution in [0.3, 0.4) is 0 Å². The molecule has 0 saturated carbocycles. The van der Waals surface area contributed by atoms with E-state index >= 15 is 0 Å². The van der Waals surface area contributed by atoms with E-state index in [1.165, 1.54) is 11.1 Å². The number of aliphatic hydroxyl groups is 1. The Labute approximate surface area is 101 Å². The number of hydrogen-bond acceptors (Lipinski definition) is 2. The molecule has 0 unspecified atom stereocenters. The Kier molecular flexibility index (Phi) is 3.48. The van der Waals surface area contributed by atoms with Gasteiger partial charge in [-0.05, 0) is 36.8 Å². The molecule has 0 spiro atoms. The molecular formula is C14H18O3. The number of aliphatic hydroxyl groups excluding tert-OH is 1. The summed E-state index contributed by atoms with van der Waals surface area (Å²) in [4.78, 5) is 11.5. The number of fused-ring (bicyclic) bond motifs is 1. The molecule has 0 radical (unpaired) electrons. The summed E-state index contributed by atoms with van der Waals surface area (Å²) in [5.74, 6) is -0.702. The summed E-state index contributed by atoms with van der Waals surface area (Å²) < 4.78 is 0. The molecule has 0 aromatic heterocycles. The number of hydrogen-bond donors (Lipinski definition) is 2. The summed E-state index contributed by atoms with van der Waals surface area (Å²) in [6, 6.07) is 7.97. The molecule has 17 heavy (non-hydrogen) atoms. The fraction of sp³-hybridized carbons (Fsp3) is 0.500. The van der Waals surface area contributed by atoms with Crippen molar-refractivity contribution in [2.75, 3.05) is 6.61 Å². The van der Waals surface area contributed by atoms with Crippen LogP contribution in [0.25, 0.3) is 0 Å². The zero-order valence-corrected chi connectivity index (χ0v) is 9.85. The van der Waals surface area contributed by atoms with Crippen LogP contribution < -0.4 is 0 Å². The van der Waals surface area contributed by atoms with Gasteiger partial charge in [-0.25, -0.2) is 0 Å². The van der Waals surface area contributed by atoms with Crippen molar-refractivity contribution in [2.45, 2.75) is 32.1 Å². The summed E-state index contributed by atoms with van der Waals surface area (Å²) in [7, 11) is 0. The Hall–Kier alpha value is -1.35. The summed E-state index contributed by atoms with van der Waals surface area (Å²) in [5, 5.41) is 18.3. The number of carboxylic acids is 1. The number of benzene rings is 1. The second-order valence-corrected chi connectivity index (χ2v) is 4.89. The smallest absolute Gasteiger partial charge is 0.310 e. The maximum absolute atomic E-state index is 11.5. The topological polar surface area (TPSA) is 57.5 Å². The third kappa shape index (κ3) is 2.34. The van der Waals surface area contributed by atoms with Crippen LogP contribution in [-0.2, 0) is 17.6 Å². The van der Waals surface area contributed by atoms with E-state index in [2.05, 4.69) is 0 Å². The Morgan fingerprint density at radius 1 is 1.18 bits per heavy atom. The van der Waals surface area contributed by atoms with E-state index in [9.17, 15) is 9.90 Å². The van der Waals surface area contributed by atoms with Crippen molar-refractivity contribution in [2.24, 2.45) is 5.41 Å². The van der Waals surface area contributed by atoms with Gasteiger partial charge in [0.05, 0.1) is 5.41 Å². The molecule has 0 bridgehead atoms. The normalized spacial score (nSPS) is 16.8. The van der Waals surface area contributed by atoms with Crippen molar-refractivity contribution < 1.29 is 15.0 Å². The van der Waals surface area contributed by atoms with Gasteiger partial charge < -0.3 is 10.2 Å². The first-order chi connectivity index (χ1) is 8.18. The van der Waals surface area contributed by atoms with Gasteiger partial charge in [-0.1, -0.05) is 30.7 Å². The number of unbranched alkanes of at least 4 members (excludes halogenated alkanes) is 1. The Bertz CT molecular complexity index is 387. The van der Waals surface area contributed by atoms with Gasteiger partial charge >= 0.3 is 5.97 Å². The Morgan fingerprint density at radius 3 is 2.24 bits per heavy atom. The predicted octanol–water partition coefficient (Wildman–Crippen LogP) is 2.02. The minimum Gasteiger partial charge on any atom is -0.481 e. The van der Waals surface area contributed by atoms with Crippen LogP contribution in [0.4, 0.5) is 0 Å². The predicted molar refractivity (Wildman–Crippen MR) is 64.9 cm³/mol. The fourth-order valence-electron chi connectivity index (χ4n) is 2.70. The van der Waals surface area contributed by atoms with Crippen molar-refractivity contribution in [3.63, 3.8) is 0 Å². The van der Waals surface area contributed by atoms with Gasteiger partial charge in [-0.2, -0.15) is 0 Å². The maximum atomic E-state index is 11.5. The zero-order chi connectivity index (χ0) is 12.3. The molecule has 0 aliphatic heterocycles. The van der Waals surface area contributed by atoms with E-state index in [0.717, 1.165) is 6.42 Å². The zero-order valence-electron chi connectivity index (χ0n) is 9.85. The molecule has 92 valence electrons. The number of carbonyl (C=O) groups is 1. The Balaban J connectivity index is 2.14. The van der Waals surface area contributed by atoms with E-state index < -0.39 is 11.4 Å². The average molecular weight is 234 g/mol. The summed E-state index contributed by atoms with van der Waals surface area (Å²) in [5.41, 5.74) is 1.69. The first-order valence-corrected chi connectivity index (χ1v) is 6.09. The van der Waals surface area contributed by atoms with E-state index in [-0.39, 0.29) is 6.61 Å². The molecule has 1 aliphatic rings. The lowest BCUT2D eigenvalue weighted by Gasteiger charge is -2.23. The van der Waals surface area contributed by atoms with Gasteiger partial charge in [0.2, 0.25) is 0 Å². The van der Waals surface area contributed by atoms with E-state index in [1.807, 2.05) is 24.3 Å². The van der Waals surface area contributed by atoms with Crippen LogP contribution in [0.15, 0.2) is 24.3 Å². The molecule has 1 aromatic rings. The number of rotatable bonds is 5. The highest BCUT2D eigenvalue weighted by molar-refractivity contribution is 5.77. The lowest BCUT2D eigenvalue weighted by Crippen LogP contribution is -2.31. The largest absolute Gasteiger partial charge is 0.481 e. The molecule has 1 aliphatic carbocycles. The summed E-state index contributed by atoms with van der Waals surface area (Å²) >= 11 is 0. The van der Waals surface area contributed by atoms with Crippen LogP contribution in [0.2, 0.25) is 0 Å². The number of carboxylic acid groups (broad SMARTS) is 1. The lowest BCUT2D eigenvalue weighted by atomic mass is 9.80. The summed E-state index contributed by atoms with van der Waals surface area (Å²) in [6.07, 6.45) is 3.37. The number of aliphatic carboxylic acids is 1. The van der Waals surface area contributed by atoms with Crippen LogP contribution in [-0.4, -0.2) is 22.8 Å². The monoisotopic (exact) mass is 234 g/mol. The molecular weight excluding hydrogens is 216 g/mol. The minimum absolute atomic E-state index is 0.142. The van der Waals surface area contributed by atoms with Gasteiger partial charge in [-0.3, -0.25) is 4.79 Å². The molecule has 0 fully saturated rings. The maximum Gasteiger partial charge on any atom is 0.310 e. The lowest BCUT2D eigenvalue weighted by molar-refractivity contribution is -0.149. The quantitative estimate of drug-likeness (QED) is 0.766. The summed E-state index contributed by atoms with van der Waals surface area (Å²) in [6.45, 7) is 0.142.